The van der Waals surface area contributed by atoms with E-state index in [4.69, 9.17) is 9.47 Å². The second-order valence-electron chi connectivity index (χ2n) is 7.99. The molecule has 4 fully saturated rings. The van der Waals surface area contributed by atoms with Gasteiger partial charge in [0.2, 0.25) is 0 Å². The van der Waals surface area contributed by atoms with E-state index < -0.39 is 6.17 Å². The maximum Gasteiger partial charge on any atom is 0.126 e. The van der Waals surface area contributed by atoms with E-state index in [0.717, 1.165) is 51.8 Å². The van der Waals surface area contributed by atoms with Gasteiger partial charge in [-0.3, -0.25) is 10.9 Å². The number of ether oxygens (including phenoxy) is 2. The average Bonchev–Trinajstić information content (AvgIpc) is 3.01. The summed E-state index contributed by atoms with van der Waals surface area (Å²) in [7, 11) is 0. The van der Waals surface area contributed by atoms with E-state index in [-0.39, 0.29) is 6.10 Å². The Bertz CT molecular complexity index is 414. The van der Waals surface area contributed by atoms with Crippen molar-refractivity contribution in [3.05, 3.63) is 0 Å². The second-order valence-corrected chi connectivity index (χ2v) is 7.99. The SMILES string of the molecule is FC1CCC2CC1OCCNCCCOC1CCC3NNC2C3C1. The van der Waals surface area contributed by atoms with Crippen LogP contribution in [0.1, 0.15) is 44.9 Å². The fourth-order valence-electron chi connectivity index (χ4n) is 5.15. The summed E-state index contributed by atoms with van der Waals surface area (Å²) >= 11 is 0. The Labute approximate surface area is 144 Å². The molecule has 7 unspecified atom stereocenters. The van der Waals surface area contributed by atoms with Crippen LogP contribution in [0.25, 0.3) is 0 Å². The second kappa shape index (κ2) is 7.96. The zero-order valence-corrected chi connectivity index (χ0v) is 14.5. The molecule has 138 valence electrons. The summed E-state index contributed by atoms with van der Waals surface area (Å²) in [6.07, 6.45) is 6.29. The molecule has 0 spiro atoms. The van der Waals surface area contributed by atoms with Gasteiger partial charge in [0.1, 0.15) is 6.17 Å². The Morgan fingerprint density at radius 1 is 0.875 bits per heavy atom. The number of alkyl halides is 1. The van der Waals surface area contributed by atoms with E-state index in [0.29, 0.717) is 43.1 Å². The van der Waals surface area contributed by atoms with Gasteiger partial charge in [-0.15, -0.1) is 0 Å². The first kappa shape index (κ1) is 17.2. The van der Waals surface area contributed by atoms with E-state index in [1.807, 2.05) is 0 Å². The largest absolute Gasteiger partial charge is 0.378 e. The van der Waals surface area contributed by atoms with Crippen LogP contribution in [0.5, 0.6) is 0 Å². The molecule has 3 N–H and O–H groups in total. The van der Waals surface area contributed by atoms with Crippen LogP contribution < -0.4 is 16.2 Å². The average molecular weight is 341 g/mol. The zero-order chi connectivity index (χ0) is 16.4. The molecule has 2 aliphatic heterocycles. The van der Waals surface area contributed by atoms with Crippen molar-refractivity contribution in [1.29, 1.82) is 0 Å². The molecule has 5 nitrogen and oxygen atoms in total. The van der Waals surface area contributed by atoms with Crippen LogP contribution in [0.15, 0.2) is 0 Å². The fourth-order valence-corrected chi connectivity index (χ4v) is 5.15. The Hall–Kier alpha value is -0.270. The molecule has 4 aliphatic rings. The first-order valence-corrected chi connectivity index (χ1v) is 9.90. The Balaban J connectivity index is 1.46. The first-order chi connectivity index (χ1) is 11.8. The topological polar surface area (TPSA) is 54.5 Å². The van der Waals surface area contributed by atoms with E-state index in [9.17, 15) is 4.39 Å². The molecule has 2 heterocycles. The third-order valence-electron chi connectivity index (χ3n) is 6.47. The first-order valence-electron chi connectivity index (χ1n) is 9.90. The molecule has 0 aromatic heterocycles. The highest BCUT2D eigenvalue weighted by atomic mass is 19.1. The summed E-state index contributed by atoms with van der Waals surface area (Å²) in [5, 5.41) is 3.38. The van der Waals surface area contributed by atoms with E-state index in [1.54, 1.807) is 0 Å². The molecule has 0 amide bonds. The standard InChI is InChI=1S/C18H32FN3O2/c19-15-4-2-12-10-17(15)24-9-7-20-6-1-8-23-13-3-5-16-14(11-13)18(12)22-21-16/h12-18,20-22H,1-11H2. The number of hydrogen-bond acceptors (Lipinski definition) is 5. The fraction of sp³-hybridized carbons (Fsp3) is 1.00. The van der Waals surface area contributed by atoms with Gasteiger partial charge in [-0.1, -0.05) is 0 Å². The van der Waals surface area contributed by atoms with Crippen LogP contribution in [-0.4, -0.2) is 56.8 Å². The molecule has 6 heteroatoms. The number of hydrazine groups is 1. The summed E-state index contributed by atoms with van der Waals surface area (Å²) in [5.74, 6) is 1.11. The Morgan fingerprint density at radius 2 is 1.83 bits per heavy atom. The molecule has 0 aromatic rings. The lowest BCUT2D eigenvalue weighted by Crippen LogP contribution is -2.45. The van der Waals surface area contributed by atoms with Gasteiger partial charge in [0.15, 0.2) is 0 Å². The van der Waals surface area contributed by atoms with Crippen molar-refractivity contribution in [2.24, 2.45) is 11.8 Å². The van der Waals surface area contributed by atoms with Gasteiger partial charge < -0.3 is 14.8 Å². The van der Waals surface area contributed by atoms with Crippen molar-refractivity contribution in [3.8, 4) is 0 Å². The minimum atomic E-state index is -0.801. The predicted octanol–water partition coefficient (Wildman–Crippen LogP) is 1.53. The lowest BCUT2D eigenvalue weighted by atomic mass is 9.72. The van der Waals surface area contributed by atoms with Crippen LogP contribution in [0.4, 0.5) is 4.39 Å². The molecule has 4 bridgehead atoms. The maximum absolute atomic E-state index is 14.3. The van der Waals surface area contributed by atoms with E-state index in [2.05, 4.69) is 16.2 Å². The molecular weight excluding hydrogens is 309 g/mol. The van der Waals surface area contributed by atoms with E-state index in [1.165, 1.54) is 6.42 Å². The van der Waals surface area contributed by atoms with Gasteiger partial charge in [0, 0.05) is 25.2 Å². The molecule has 24 heavy (non-hydrogen) atoms. The van der Waals surface area contributed by atoms with Gasteiger partial charge in [-0.25, -0.2) is 4.39 Å². The lowest BCUT2D eigenvalue weighted by molar-refractivity contribution is -0.0457. The number of fused-ring (bicyclic) bond motifs is 4. The molecular formula is C18H32FN3O2. The summed E-state index contributed by atoms with van der Waals surface area (Å²) in [6, 6.07) is 0.984. The third-order valence-corrected chi connectivity index (χ3v) is 6.47. The summed E-state index contributed by atoms with van der Waals surface area (Å²) in [4.78, 5) is 0. The highest BCUT2D eigenvalue weighted by Gasteiger charge is 2.46. The minimum Gasteiger partial charge on any atom is -0.378 e. The van der Waals surface area contributed by atoms with Crippen LogP contribution in [-0.2, 0) is 9.47 Å². The van der Waals surface area contributed by atoms with Crippen molar-refractivity contribution in [2.45, 2.75) is 75.4 Å². The van der Waals surface area contributed by atoms with Gasteiger partial charge in [-0.05, 0) is 63.3 Å². The van der Waals surface area contributed by atoms with Crippen LogP contribution in [0, 0.1) is 11.8 Å². The molecule has 0 radical (unpaired) electrons. The Morgan fingerprint density at radius 3 is 2.79 bits per heavy atom. The zero-order valence-electron chi connectivity index (χ0n) is 14.5. The van der Waals surface area contributed by atoms with Crippen molar-refractivity contribution >= 4 is 0 Å². The normalized spacial score (nSPS) is 47.6. The quantitative estimate of drug-likeness (QED) is 0.624. The van der Waals surface area contributed by atoms with Gasteiger partial charge in [0.25, 0.3) is 0 Å². The highest BCUT2D eigenvalue weighted by Crippen LogP contribution is 2.40. The van der Waals surface area contributed by atoms with Crippen LogP contribution in [0.2, 0.25) is 0 Å². The molecule has 2 saturated heterocycles. The molecule has 2 aliphatic carbocycles. The van der Waals surface area contributed by atoms with Crippen molar-refractivity contribution in [3.63, 3.8) is 0 Å². The van der Waals surface area contributed by atoms with Crippen LogP contribution in [0.3, 0.4) is 0 Å². The smallest absolute Gasteiger partial charge is 0.126 e. The Kier molecular flexibility index (Phi) is 5.69. The number of hydrogen-bond donors (Lipinski definition) is 3. The highest BCUT2D eigenvalue weighted by molar-refractivity contribution is 5.00. The summed E-state index contributed by atoms with van der Waals surface area (Å²) < 4.78 is 26.3. The molecule has 0 aromatic carbocycles. The summed E-state index contributed by atoms with van der Waals surface area (Å²) in [5.41, 5.74) is 7.07. The minimum absolute atomic E-state index is 0.229. The van der Waals surface area contributed by atoms with Gasteiger partial charge >= 0.3 is 0 Å². The van der Waals surface area contributed by atoms with Gasteiger partial charge in [-0.2, -0.15) is 0 Å². The van der Waals surface area contributed by atoms with Crippen molar-refractivity contribution in [2.75, 3.05) is 26.3 Å². The maximum atomic E-state index is 14.3. The number of rotatable bonds is 0. The molecule has 4 rings (SSSR count). The van der Waals surface area contributed by atoms with Gasteiger partial charge in [0.05, 0.1) is 18.8 Å². The summed E-state index contributed by atoms with van der Waals surface area (Å²) in [6.45, 7) is 3.18. The van der Waals surface area contributed by atoms with Crippen molar-refractivity contribution in [1.82, 2.24) is 16.2 Å². The molecule has 7 atom stereocenters. The lowest BCUT2D eigenvalue weighted by Gasteiger charge is -2.39. The monoisotopic (exact) mass is 341 g/mol. The molecule has 2 saturated carbocycles. The number of nitrogens with one attached hydrogen (secondary N) is 3. The predicted molar refractivity (Wildman–Crippen MR) is 90.4 cm³/mol. The third kappa shape index (κ3) is 3.78. The van der Waals surface area contributed by atoms with E-state index >= 15 is 0 Å². The van der Waals surface area contributed by atoms with Crippen LogP contribution >= 0.6 is 0 Å². The van der Waals surface area contributed by atoms with Crippen molar-refractivity contribution < 1.29 is 13.9 Å². The number of halogens is 1.